The number of allylic oxidation sites excluding steroid dienone is 2. The second kappa shape index (κ2) is 6.31. The Balaban J connectivity index is 1.34. The lowest BCUT2D eigenvalue weighted by Crippen LogP contribution is -2.32. The molecule has 4 atom stereocenters. The van der Waals surface area contributed by atoms with Crippen LogP contribution in [0, 0.1) is 23.7 Å². The highest BCUT2D eigenvalue weighted by Gasteiger charge is 2.59. The standard InChI is InChI=1S/C22H17ClN2O3/c23-15-5-7-16(8-6-15)24-20(26)12-3-9-17(10-4-12)25-21(27)18-13-1-2-14(11-13)19(18)22(25)28/h1-10,13-14,18-19H,11H2,(H,24,26)/t13-,14-,18+,19+/m0/s1. The Morgan fingerprint density at radius 1 is 0.893 bits per heavy atom. The van der Waals surface area contributed by atoms with E-state index in [0.29, 0.717) is 22.0 Å². The van der Waals surface area contributed by atoms with Gasteiger partial charge in [-0.3, -0.25) is 19.3 Å². The molecule has 2 fully saturated rings. The zero-order valence-corrected chi connectivity index (χ0v) is 15.6. The fraction of sp³-hybridized carbons (Fsp3) is 0.227. The number of fused-ring (bicyclic) bond motifs is 5. The van der Waals surface area contributed by atoms with Crippen molar-refractivity contribution in [1.29, 1.82) is 0 Å². The number of anilines is 2. The van der Waals surface area contributed by atoms with Crippen LogP contribution < -0.4 is 10.2 Å². The Bertz CT molecular complexity index is 983. The van der Waals surface area contributed by atoms with Crippen molar-refractivity contribution in [2.45, 2.75) is 6.42 Å². The van der Waals surface area contributed by atoms with E-state index in [9.17, 15) is 14.4 Å². The van der Waals surface area contributed by atoms with Gasteiger partial charge in [0.2, 0.25) is 11.8 Å². The van der Waals surface area contributed by atoms with Crippen LogP contribution in [-0.4, -0.2) is 17.7 Å². The molecule has 2 aromatic carbocycles. The van der Waals surface area contributed by atoms with E-state index in [1.165, 1.54) is 4.90 Å². The van der Waals surface area contributed by atoms with E-state index in [-0.39, 0.29) is 41.4 Å². The summed E-state index contributed by atoms with van der Waals surface area (Å²) >= 11 is 5.85. The zero-order chi connectivity index (χ0) is 19.4. The van der Waals surface area contributed by atoms with Crippen LogP contribution >= 0.6 is 11.6 Å². The van der Waals surface area contributed by atoms with Gasteiger partial charge < -0.3 is 5.32 Å². The second-order valence-electron chi connectivity index (χ2n) is 7.52. The molecule has 2 bridgehead atoms. The molecular weight excluding hydrogens is 376 g/mol. The number of nitrogens with one attached hydrogen (secondary N) is 1. The van der Waals surface area contributed by atoms with Gasteiger partial charge in [0.05, 0.1) is 17.5 Å². The number of benzene rings is 2. The van der Waals surface area contributed by atoms with Crippen LogP contribution in [0.5, 0.6) is 0 Å². The summed E-state index contributed by atoms with van der Waals surface area (Å²) in [4.78, 5) is 39.4. The van der Waals surface area contributed by atoms with Crippen LogP contribution in [0.4, 0.5) is 11.4 Å². The van der Waals surface area contributed by atoms with E-state index in [0.717, 1.165) is 6.42 Å². The number of carbonyl (C=O) groups excluding carboxylic acids is 3. The Labute approximate surface area is 167 Å². The Kier molecular flexibility index (Phi) is 3.88. The Hall–Kier alpha value is -2.92. The van der Waals surface area contributed by atoms with Gasteiger partial charge in [0.15, 0.2) is 0 Å². The molecule has 3 aliphatic rings. The van der Waals surface area contributed by atoms with Crippen molar-refractivity contribution in [1.82, 2.24) is 0 Å². The second-order valence-corrected chi connectivity index (χ2v) is 7.96. The highest BCUT2D eigenvalue weighted by Crippen LogP contribution is 2.53. The van der Waals surface area contributed by atoms with E-state index in [1.807, 2.05) is 0 Å². The van der Waals surface area contributed by atoms with Crippen molar-refractivity contribution < 1.29 is 14.4 Å². The van der Waals surface area contributed by atoms with E-state index in [2.05, 4.69) is 17.5 Å². The van der Waals surface area contributed by atoms with Gasteiger partial charge in [0.25, 0.3) is 5.91 Å². The predicted molar refractivity (Wildman–Crippen MR) is 106 cm³/mol. The average Bonchev–Trinajstić information content (AvgIpc) is 3.38. The molecule has 1 saturated heterocycles. The van der Waals surface area contributed by atoms with Crippen LogP contribution in [0.15, 0.2) is 60.7 Å². The first-order valence-corrected chi connectivity index (χ1v) is 9.64. The Morgan fingerprint density at radius 2 is 1.46 bits per heavy atom. The van der Waals surface area contributed by atoms with Gasteiger partial charge in [-0.1, -0.05) is 23.8 Å². The summed E-state index contributed by atoms with van der Waals surface area (Å²) in [5, 5.41) is 3.38. The molecule has 5 rings (SSSR count). The van der Waals surface area contributed by atoms with Gasteiger partial charge >= 0.3 is 0 Å². The molecule has 0 spiro atoms. The molecule has 28 heavy (non-hydrogen) atoms. The molecule has 1 N–H and O–H groups in total. The predicted octanol–water partition coefficient (Wildman–Crippen LogP) is 3.90. The molecule has 1 heterocycles. The maximum absolute atomic E-state index is 12.9. The lowest BCUT2D eigenvalue weighted by Gasteiger charge is -2.17. The topological polar surface area (TPSA) is 66.5 Å². The van der Waals surface area contributed by atoms with Crippen LogP contribution in [0.1, 0.15) is 16.8 Å². The number of halogens is 1. The van der Waals surface area contributed by atoms with E-state index in [4.69, 9.17) is 11.6 Å². The molecule has 0 unspecified atom stereocenters. The fourth-order valence-electron chi connectivity index (χ4n) is 4.66. The van der Waals surface area contributed by atoms with Gasteiger partial charge in [0.1, 0.15) is 0 Å². The van der Waals surface area contributed by atoms with Gasteiger partial charge in [0, 0.05) is 16.3 Å². The number of nitrogens with zero attached hydrogens (tertiary/aromatic N) is 1. The van der Waals surface area contributed by atoms with Crippen LogP contribution in [-0.2, 0) is 9.59 Å². The normalized spacial score (nSPS) is 27.4. The number of hydrogen-bond acceptors (Lipinski definition) is 3. The van der Waals surface area contributed by atoms with Gasteiger partial charge in [-0.15, -0.1) is 0 Å². The summed E-state index contributed by atoms with van der Waals surface area (Å²) in [6.07, 6.45) is 5.06. The average molecular weight is 393 g/mol. The third-order valence-corrected chi connectivity index (χ3v) is 6.21. The highest BCUT2D eigenvalue weighted by molar-refractivity contribution is 6.30. The molecule has 0 aromatic heterocycles. The molecule has 5 nitrogen and oxygen atoms in total. The molecule has 0 radical (unpaired) electrons. The zero-order valence-electron chi connectivity index (χ0n) is 14.8. The van der Waals surface area contributed by atoms with Gasteiger partial charge in [-0.2, -0.15) is 0 Å². The molecule has 140 valence electrons. The summed E-state index contributed by atoms with van der Waals surface area (Å²) in [5.74, 6) is -0.602. The first kappa shape index (κ1) is 17.2. The van der Waals surface area contributed by atoms with Crippen molar-refractivity contribution in [3.63, 3.8) is 0 Å². The van der Waals surface area contributed by atoms with E-state index < -0.39 is 0 Å². The third kappa shape index (κ3) is 2.58. The number of rotatable bonds is 3. The number of amides is 3. The quantitative estimate of drug-likeness (QED) is 0.636. The molecule has 6 heteroatoms. The number of imide groups is 1. The maximum atomic E-state index is 12.9. The molecular formula is C22H17ClN2O3. The van der Waals surface area contributed by atoms with E-state index in [1.54, 1.807) is 48.5 Å². The monoisotopic (exact) mass is 392 g/mol. The fourth-order valence-corrected chi connectivity index (χ4v) is 4.78. The maximum Gasteiger partial charge on any atom is 0.255 e. The number of hydrogen-bond donors (Lipinski definition) is 1. The van der Waals surface area contributed by atoms with Crippen molar-refractivity contribution in [2.75, 3.05) is 10.2 Å². The third-order valence-electron chi connectivity index (χ3n) is 5.96. The summed E-state index contributed by atoms with van der Waals surface area (Å²) < 4.78 is 0. The van der Waals surface area contributed by atoms with Crippen molar-refractivity contribution >= 4 is 40.7 Å². The minimum absolute atomic E-state index is 0.120. The first-order chi connectivity index (χ1) is 13.5. The minimum atomic E-state index is -0.271. The van der Waals surface area contributed by atoms with Gasteiger partial charge in [-0.25, -0.2) is 0 Å². The summed E-state index contributed by atoms with van der Waals surface area (Å²) in [6, 6.07) is 13.4. The molecule has 2 aliphatic carbocycles. The molecule has 1 saturated carbocycles. The van der Waals surface area contributed by atoms with E-state index >= 15 is 0 Å². The summed E-state index contributed by atoms with van der Waals surface area (Å²) in [6.45, 7) is 0. The highest BCUT2D eigenvalue weighted by atomic mass is 35.5. The smallest absolute Gasteiger partial charge is 0.255 e. The van der Waals surface area contributed by atoms with Crippen LogP contribution in [0.25, 0.3) is 0 Å². The minimum Gasteiger partial charge on any atom is -0.322 e. The molecule has 1 aliphatic heterocycles. The molecule has 3 amide bonds. The lowest BCUT2D eigenvalue weighted by atomic mass is 9.85. The van der Waals surface area contributed by atoms with Crippen LogP contribution in [0.3, 0.4) is 0 Å². The summed E-state index contributed by atoms with van der Waals surface area (Å²) in [7, 11) is 0. The lowest BCUT2D eigenvalue weighted by molar-refractivity contribution is -0.123. The van der Waals surface area contributed by atoms with Crippen molar-refractivity contribution in [2.24, 2.45) is 23.7 Å². The SMILES string of the molecule is O=C(Nc1ccc(Cl)cc1)c1ccc(N2C(=O)[C@H]3[C@H](C2=O)[C@H]2C=C[C@H]3C2)cc1. The number of carbonyl (C=O) groups is 3. The van der Waals surface area contributed by atoms with Crippen molar-refractivity contribution in [3.8, 4) is 0 Å². The summed E-state index contributed by atoms with van der Waals surface area (Å²) in [5.41, 5.74) is 1.60. The first-order valence-electron chi connectivity index (χ1n) is 9.26. The van der Waals surface area contributed by atoms with Crippen molar-refractivity contribution in [3.05, 3.63) is 71.3 Å². The molecule has 2 aromatic rings. The largest absolute Gasteiger partial charge is 0.322 e. The van der Waals surface area contributed by atoms with Gasteiger partial charge in [-0.05, 0) is 66.8 Å². The Morgan fingerprint density at radius 3 is 2.04 bits per heavy atom. The van der Waals surface area contributed by atoms with Crippen LogP contribution in [0.2, 0.25) is 5.02 Å².